The molecule has 33 heteroatoms. The summed E-state index contributed by atoms with van der Waals surface area (Å²) in [7, 11) is -23.8. The Morgan fingerprint density at radius 2 is 1.06 bits per heavy atom. The van der Waals surface area contributed by atoms with Crippen LogP contribution in [0.15, 0.2) is 147 Å². The molecule has 0 fully saturated rings. The Bertz CT molecular complexity index is 3770. The maximum absolute atomic E-state index is 13.3. The second kappa shape index (κ2) is 26.8. The van der Waals surface area contributed by atoms with E-state index < -0.39 is 105 Å². The first-order valence-electron chi connectivity index (χ1n) is 21.4. The van der Waals surface area contributed by atoms with Gasteiger partial charge in [0.15, 0.2) is 5.75 Å². The number of hydrogen-bond acceptors (Lipinski definition) is 23. The Morgan fingerprint density at radius 1 is 0.584 bits per heavy atom. The molecule has 6 aromatic carbocycles. The summed E-state index contributed by atoms with van der Waals surface area (Å²) >= 11 is 0. The molecule has 6 aromatic rings. The molecule has 0 atom stereocenters. The van der Waals surface area contributed by atoms with E-state index in [-0.39, 0.29) is 22.9 Å². The Balaban J connectivity index is 0.00000118. The Kier molecular flexibility index (Phi) is 22.2. The maximum Gasteiger partial charge on any atom is 0.397 e. The van der Waals surface area contributed by atoms with Crippen LogP contribution in [0.5, 0.6) is 5.75 Å². The molecule has 0 aromatic heterocycles. The molecule has 0 unspecified atom stereocenters. The Labute approximate surface area is 442 Å². The minimum atomic E-state index is -5.30. The monoisotopic (exact) mass is 1170 g/mol. The zero-order valence-corrected chi connectivity index (χ0v) is 44.9. The van der Waals surface area contributed by atoms with E-state index >= 15 is 0 Å². The number of hydrogen-bond donors (Lipinski definition) is 8. The number of phenols is 1. The van der Waals surface area contributed by atoms with Crippen LogP contribution in [0.3, 0.4) is 0 Å². The highest BCUT2D eigenvalue weighted by atomic mass is 32.3. The van der Waals surface area contributed by atoms with E-state index in [9.17, 15) is 60.9 Å². The van der Waals surface area contributed by atoms with Crippen molar-refractivity contribution in [1.82, 2.24) is 0 Å². The first kappa shape index (κ1) is 63.6. The van der Waals surface area contributed by atoms with Gasteiger partial charge in [0.25, 0.3) is 40.4 Å². The zero-order chi connectivity index (χ0) is 58.3. The van der Waals surface area contributed by atoms with Gasteiger partial charge in [0.2, 0.25) is 0 Å². The third-order valence-corrected chi connectivity index (χ3v) is 14.4. The molecule has 0 saturated heterocycles. The number of carbonyl (C=O) groups excluding carboxylic acids is 2. The van der Waals surface area contributed by atoms with Crippen LogP contribution in [0.25, 0.3) is 10.8 Å². The molecule has 10 N–H and O–H groups in total. The molecule has 77 heavy (non-hydrogen) atoms. The molecule has 0 radical (unpaired) electrons. The summed E-state index contributed by atoms with van der Waals surface area (Å²) in [5.74, 6) is -1.13. The third kappa shape index (κ3) is 17.4. The molecule has 0 aliphatic heterocycles. The van der Waals surface area contributed by atoms with Crippen LogP contribution in [0, 0.1) is 6.92 Å². The van der Waals surface area contributed by atoms with Crippen LogP contribution in [0.1, 0.15) is 32.8 Å². The molecule has 414 valence electrons. The number of aryl methyl sites for hydroxylation is 1. The fourth-order valence-corrected chi connectivity index (χ4v) is 9.92. The topological polar surface area (TPSA) is 457 Å². The smallest absolute Gasteiger partial charge is 0.397 e. The van der Waals surface area contributed by atoms with Crippen molar-refractivity contribution in [1.29, 1.82) is 0 Å². The van der Waals surface area contributed by atoms with Gasteiger partial charge in [-0.15, -0.1) is 20.5 Å². The molecule has 0 saturated carbocycles. The lowest BCUT2D eigenvalue weighted by Crippen LogP contribution is -2.21. The normalized spacial score (nSPS) is 12.1. The van der Waals surface area contributed by atoms with E-state index in [1.807, 2.05) is 39.6 Å². The van der Waals surface area contributed by atoms with Gasteiger partial charge < -0.3 is 31.1 Å². The van der Waals surface area contributed by atoms with Crippen LogP contribution < -0.4 is 21.1 Å². The number of aromatic hydroxyl groups is 1. The molecule has 0 amide bonds. The zero-order valence-electron chi connectivity index (χ0n) is 40.8. The number of nitrogens with zero attached hydrogens (tertiary/aromatic N) is 7. The molecule has 0 aliphatic carbocycles. The summed E-state index contributed by atoms with van der Waals surface area (Å²) in [4.78, 5) is 15.0. The number of sulfonamides is 1. The number of nitrogen functional groups attached to an aromatic ring is 2. The number of phenolic OH excluding ortho intramolecular Hbond substituents is 1. The fourth-order valence-electron chi connectivity index (χ4n) is 6.45. The highest BCUT2D eigenvalue weighted by Crippen LogP contribution is 2.48. The first-order valence-corrected chi connectivity index (χ1v) is 28.6. The molecule has 28 nitrogen and oxygen atoms in total. The van der Waals surface area contributed by atoms with Crippen LogP contribution in [0.4, 0.5) is 56.9 Å². The van der Waals surface area contributed by atoms with Crippen LogP contribution in [-0.2, 0) is 64.5 Å². The van der Waals surface area contributed by atoms with Crippen molar-refractivity contribution in [3.05, 3.63) is 103 Å². The number of nitrogens with one attached hydrogen (secondary N) is 1. The first-order chi connectivity index (χ1) is 36.0. The number of carbonyl (C=O) groups is 2. The van der Waals surface area contributed by atoms with E-state index in [0.29, 0.717) is 41.2 Å². The van der Waals surface area contributed by atoms with Gasteiger partial charge in [-0.2, -0.15) is 43.9 Å². The van der Waals surface area contributed by atoms with Crippen molar-refractivity contribution >= 4 is 132 Å². The Morgan fingerprint density at radius 3 is 1.55 bits per heavy atom. The third-order valence-electron chi connectivity index (χ3n) is 9.90. The quantitative estimate of drug-likeness (QED) is 0.0227. The predicted molar refractivity (Wildman–Crippen MR) is 283 cm³/mol. The molecular weight excluding hydrogens is 1120 g/mol. The van der Waals surface area contributed by atoms with Crippen molar-refractivity contribution in [2.24, 2.45) is 30.7 Å². The average molecular weight is 1170 g/mol. The van der Waals surface area contributed by atoms with Gasteiger partial charge in [0.1, 0.15) is 51.0 Å². The van der Waals surface area contributed by atoms with Crippen molar-refractivity contribution in [3.8, 4) is 5.75 Å². The van der Waals surface area contributed by atoms with Gasteiger partial charge in [0, 0.05) is 24.5 Å². The van der Waals surface area contributed by atoms with Gasteiger partial charge in [-0.05, 0) is 129 Å². The van der Waals surface area contributed by atoms with Crippen LogP contribution in [0.2, 0.25) is 0 Å². The van der Waals surface area contributed by atoms with Crippen molar-refractivity contribution in [2.45, 2.75) is 53.7 Å². The maximum atomic E-state index is 13.3. The highest BCUT2D eigenvalue weighted by molar-refractivity contribution is 7.92. The summed E-state index contributed by atoms with van der Waals surface area (Å²) in [6.45, 7) is 13.0. The SMILES string of the molecule is C=O.C=O.CCCOS(=O)(=O)O.CCN(CC)c1ccc(N=Nc2ccc(NS(=O)(=O)c3ccc(N=Nc4c(S(=O)(=O)O)cc5cc(S(=O)(=O)O)c(N=Nc6ccc(C)cc6S(=O)(=O)O)c(O)c5c4N)cc3)cc2)c(N)c1. The molecule has 0 bridgehead atoms. The molecular formula is C44H50N10O18S5. The number of benzene rings is 6. The van der Waals surface area contributed by atoms with Crippen molar-refractivity contribution < 1.29 is 79.2 Å². The van der Waals surface area contributed by atoms with Gasteiger partial charge >= 0.3 is 10.4 Å². The van der Waals surface area contributed by atoms with Gasteiger partial charge in [-0.25, -0.2) is 12.6 Å². The van der Waals surface area contributed by atoms with Gasteiger partial charge in [-0.1, -0.05) is 13.0 Å². The Hall–Kier alpha value is -7.73. The van der Waals surface area contributed by atoms with Gasteiger partial charge in [0.05, 0.1) is 39.6 Å². The predicted octanol–water partition coefficient (Wildman–Crippen LogP) is 8.50. The summed E-state index contributed by atoms with van der Waals surface area (Å²) in [6, 6.07) is 21.0. The van der Waals surface area contributed by atoms with E-state index in [2.05, 4.69) is 44.5 Å². The number of fused-ring (bicyclic) bond motifs is 1. The summed E-state index contributed by atoms with van der Waals surface area (Å²) in [5, 5.41) is 33.8. The van der Waals surface area contributed by atoms with E-state index in [1.165, 1.54) is 49.4 Å². The summed E-state index contributed by atoms with van der Waals surface area (Å²) in [6.07, 6.45) is 0.569. The van der Waals surface area contributed by atoms with Crippen LogP contribution >= 0.6 is 0 Å². The fraction of sp³-hybridized carbons (Fsp3) is 0.182. The lowest BCUT2D eigenvalue weighted by molar-refractivity contribution is -0.0987. The number of nitrogens with two attached hydrogens (primary N) is 2. The van der Waals surface area contributed by atoms with E-state index in [0.717, 1.165) is 43.0 Å². The largest absolute Gasteiger partial charge is 0.505 e. The second-order valence-electron chi connectivity index (χ2n) is 15.1. The summed E-state index contributed by atoms with van der Waals surface area (Å²) < 4.78 is 164. The van der Waals surface area contributed by atoms with Crippen molar-refractivity contribution in [3.63, 3.8) is 0 Å². The number of azo groups is 3. The summed E-state index contributed by atoms with van der Waals surface area (Å²) in [5.41, 5.74) is 12.2. The average Bonchev–Trinajstić information content (AvgIpc) is 3.36. The lowest BCUT2D eigenvalue weighted by Gasteiger charge is -2.21. The minimum absolute atomic E-state index is 0.0405. The van der Waals surface area contributed by atoms with E-state index in [1.54, 1.807) is 13.0 Å². The van der Waals surface area contributed by atoms with Gasteiger partial charge in [-0.3, -0.25) is 22.9 Å². The number of anilines is 4. The van der Waals surface area contributed by atoms with E-state index in [4.69, 9.17) is 25.6 Å². The molecule has 0 spiro atoms. The lowest BCUT2D eigenvalue weighted by atomic mass is 10.1. The molecule has 0 aliphatic rings. The highest BCUT2D eigenvalue weighted by Gasteiger charge is 2.28. The van der Waals surface area contributed by atoms with Crippen molar-refractivity contribution in [2.75, 3.05) is 40.8 Å². The standard InChI is InChI=1S/C39H38N10O12S4.C3H8O4S.2CH2O/c1-4-49(5-2)27-13-17-30(29(40)21-27)44-42-24-7-9-26(10-8-24)48-62(51,52)28-14-11-25(12-15-28)43-46-37-33(64(56,57)58)19-23-20-34(65(59,60)61)38(39(50)35(23)36(37)41)47-45-31-16-6-22(3)18-32(31)63(53,54)55;1-2-3-7-8(4,5)6;2*1-2/h6-21,48,50H,4-5,40-41H2,1-3H3,(H,53,54,55)(H,56,57,58)(H,59,60,61);2-3H2,1H3,(H,4,5,6);2*1H2. The minimum Gasteiger partial charge on any atom is -0.505 e. The van der Waals surface area contributed by atoms with Crippen LogP contribution in [-0.4, -0.2) is 98.7 Å². The molecule has 0 heterocycles. The molecule has 6 rings (SSSR count). The number of rotatable bonds is 18. The second-order valence-corrected chi connectivity index (χ2v) is 22.1.